The maximum absolute atomic E-state index is 4.75. The van der Waals surface area contributed by atoms with E-state index >= 15 is 0 Å². The second-order valence-electron chi connectivity index (χ2n) is 5.21. The second-order valence-corrected chi connectivity index (χ2v) is 6.07. The van der Waals surface area contributed by atoms with Gasteiger partial charge in [0.15, 0.2) is 0 Å². The van der Waals surface area contributed by atoms with Crippen molar-refractivity contribution in [2.24, 2.45) is 0 Å². The molecule has 96 valence electrons. The molecule has 0 spiro atoms. The molecule has 0 saturated heterocycles. The van der Waals surface area contributed by atoms with E-state index in [9.17, 15) is 0 Å². The Labute approximate surface area is 113 Å². The van der Waals surface area contributed by atoms with Crippen LogP contribution in [0, 0.1) is 13.8 Å². The van der Waals surface area contributed by atoms with Gasteiger partial charge in [0, 0.05) is 10.9 Å². The first-order chi connectivity index (χ1) is 8.44. The summed E-state index contributed by atoms with van der Waals surface area (Å²) >= 11 is 1.71. The van der Waals surface area contributed by atoms with Crippen molar-refractivity contribution < 1.29 is 0 Å². The molecule has 1 heterocycles. The van der Waals surface area contributed by atoms with E-state index in [0.29, 0.717) is 0 Å². The first-order valence-electron chi connectivity index (χ1n) is 6.16. The molecule has 2 aromatic rings. The van der Waals surface area contributed by atoms with E-state index in [2.05, 4.69) is 56.6 Å². The molecule has 2 rings (SSSR count). The normalized spacial score (nSPS) is 11.8. The molecule has 0 bridgehead atoms. The SMILES string of the molecule is CNC(C)(C)c1nc(-c2ccc(C)c(C)c2)cs1. The van der Waals surface area contributed by atoms with Gasteiger partial charge in [-0.25, -0.2) is 4.98 Å². The number of aromatic nitrogens is 1. The zero-order valence-corrected chi connectivity index (χ0v) is 12.5. The van der Waals surface area contributed by atoms with Crippen LogP contribution in [0.3, 0.4) is 0 Å². The number of nitrogens with one attached hydrogen (secondary N) is 1. The Balaban J connectivity index is 2.38. The van der Waals surface area contributed by atoms with Crippen molar-refractivity contribution >= 4 is 11.3 Å². The standard InChI is InChI=1S/C15H20N2S/c1-10-6-7-12(8-11(10)2)13-9-18-14(17-13)15(3,4)16-5/h6-9,16H,1-5H3. The number of benzene rings is 1. The van der Waals surface area contributed by atoms with E-state index in [1.54, 1.807) is 11.3 Å². The zero-order valence-electron chi connectivity index (χ0n) is 11.7. The van der Waals surface area contributed by atoms with Gasteiger partial charge < -0.3 is 5.32 Å². The highest BCUT2D eigenvalue weighted by Gasteiger charge is 2.22. The third-order valence-corrected chi connectivity index (χ3v) is 4.63. The monoisotopic (exact) mass is 260 g/mol. The smallest absolute Gasteiger partial charge is 0.113 e. The van der Waals surface area contributed by atoms with Crippen molar-refractivity contribution in [3.63, 3.8) is 0 Å². The van der Waals surface area contributed by atoms with Gasteiger partial charge in [0.2, 0.25) is 0 Å². The van der Waals surface area contributed by atoms with Gasteiger partial charge in [-0.3, -0.25) is 0 Å². The Kier molecular flexibility index (Phi) is 3.55. The maximum atomic E-state index is 4.75. The highest BCUT2D eigenvalue weighted by molar-refractivity contribution is 7.10. The van der Waals surface area contributed by atoms with Crippen LogP contribution in [0.25, 0.3) is 11.3 Å². The summed E-state index contributed by atoms with van der Waals surface area (Å²) in [6.45, 7) is 8.57. The molecule has 1 N–H and O–H groups in total. The molecule has 1 aromatic carbocycles. The van der Waals surface area contributed by atoms with Crippen LogP contribution in [0.5, 0.6) is 0 Å². The number of rotatable bonds is 3. The van der Waals surface area contributed by atoms with Crippen molar-refractivity contribution in [1.82, 2.24) is 10.3 Å². The number of thiazole rings is 1. The molecule has 1 aromatic heterocycles. The lowest BCUT2D eigenvalue weighted by Crippen LogP contribution is -2.32. The molecule has 0 aliphatic carbocycles. The number of hydrogen-bond donors (Lipinski definition) is 1. The van der Waals surface area contributed by atoms with Gasteiger partial charge in [-0.15, -0.1) is 11.3 Å². The third kappa shape index (κ3) is 2.47. The molecule has 2 nitrogen and oxygen atoms in total. The van der Waals surface area contributed by atoms with Crippen LogP contribution in [0.4, 0.5) is 0 Å². The number of nitrogens with zero attached hydrogens (tertiary/aromatic N) is 1. The molecule has 0 atom stereocenters. The molecule has 0 saturated carbocycles. The van der Waals surface area contributed by atoms with E-state index in [-0.39, 0.29) is 5.54 Å². The van der Waals surface area contributed by atoms with E-state index in [0.717, 1.165) is 10.7 Å². The fraction of sp³-hybridized carbons (Fsp3) is 0.400. The average molecular weight is 260 g/mol. The third-order valence-electron chi connectivity index (χ3n) is 3.47. The van der Waals surface area contributed by atoms with E-state index in [1.165, 1.54) is 16.7 Å². The summed E-state index contributed by atoms with van der Waals surface area (Å²) in [5.41, 5.74) is 4.84. The fourth-order valence-corrected chi connectivity index (χ4v) is 2.66. The van der Waals surface area contributed by atoms with Gasteiger partial charge >= 0.3 is 0 Å². The molecule has 0 unspecified atom stereocenters. The highest BCUT2D eigenvalue weighted by Crippen LogP contribution is 2.29. The lowest BCUT2D eigenvalue weighted by atomic mass is 10.0. The van der Waals surface area contributed by atoms with Crippen molar-refractivity contribution in [3.05, 3.63) is 39.7 Å². The topological polar surface area (TPSA) is 24.9 Å². The Hall–Kier alpha value is -1.19. The predicted molar refractivity (Wildman–Crippen MR) is 79.1 cm³/mol. The van der Waals surface area contributed by atoms with Gasteiger partial charge in [0.05, 0.1) is 11.2 Å². The van der Waals surface area contributed by atoms with Crippen LogP contribution in [-0.4, -0.2) is 12.0 Å². The van der Waals surface area contributed by atoms with Gasteiger partial charge in [0.25, 0.3) is 0 Å². The van der Waals surface area contributed by atoms with Crippen molar-refractivity contribution in [3.8, 4) is 11.3 Å². The van der Waals surface area contributed by atoms with E-state index in [4.69, 9.17) is 4.98 Å². The molecule has 0 aliphatic rings. The molecular weight excluding hydrogens is 240 g/mol. The van der Waals surface area contributed by atoms with Crippen molar-refractivity contribution in [1.29, 1.82) is 0 Å². The molecule has 0 amide bonds. The van der Waals surface area contributed by atoms with Crippen LogP contribution in [0.15, 0.2) is 23.6 Å². The summed E-state index contributed by atoms with van der Waals surface area (Å²) in [5, 5.41) is 6.55. The van der Waals surface area contributed by atoms with Crippen molar-refractivity contribution in [2.45, 2.75) is 33.2 Å². The summed E-state index contributed by atoms with van der Waals surface area (Å²) in [6.07, 6.45) is 0. The molecule has 3 heteroatoms. The second kappa shape index (κ2) is 4.82. The lowest BCUT2D eigenvalue weighted by Gasteiger charge is -2.20. The largest absolute Gasteiger partial charge is 0.309 e. The summed E-state index contributed by atoms with van der Waals surface area (Å²) in [6, 6.07) is 6.51. The minimum Gasteiger partial charge on any atom is -0.309 e. The molecule has 0 fully saturated rings. The molecule has 0 radical (unpaired) electrons. The Bertz CT molecular complexity index is 555. The predicted octanol–water partition coefficient (Wildman–Crippen LogP) is 3.88. The summed E-state index contributed by atoms with van der Waals surface area (Å²) in [4.78, 5) is 4.75. The van der Waals surface area contributed by atoms with Gasteiger partial charge in [-0.1, -0.05) is 12.1 Å². The zero-order chi connectivity index (χ0) is 13.3. The maximum Gasteiger partial charge on any atom is 0.113 e. The van der Waals surface area contributed by atoms with Crippen LogP contribution < -0.4 is 5.32 Å². The highest BCUT2D eigenvalue weighted by atomic mass is 32.1. The van der Waals surface area contributed by atoms with Gasteiger partial charge in [-0.2, -0.15) is 0 Å². The van der Waals surface area contributed by atoms with Crippen molar-refractivity contribution in [2.75, 3.05) is 7.05 Å². The number of hydrogen-bond acceptors (Lipinski definition) is 3. The van der Waals surface area contributed by atoms with Gasteiger partial charge in [-0.05, 0) is 51.9 Å². The molecular formula is C15H20N2S. The minimum atomic E-state index is -0.0668. The number of aryl methyl sites for hydroxylation is 2. The van der Waals surface area contributed by atoms with Crippen LogP contribution in [-0.2, 0) is 5.54 Å². The summed E-state index contributed by atoms with van der Waals surface area (Å²) < 4.78 is 0. The quantitative estimate of drug-likeness (QED) is 0.906. The van der Waals surface area contributed by atoms with Crippen LogP contribution in [0.1, 0.15) is 30.0 Å². The van der Waals surface area contributed by atoms with Crippen LogP contribution >= 0.6 is 11.3 Å². The van der Waals surface area contributed by atoms with E-state index in [1.807, 2.05) is 7.05 Å². The fourth-order valence-electron chi connectivity index (χ4n) is 1.70. The van der Waals surface area contributed by atoms with E-state index < -0.39 is 0 Å². The minimum absolute atomic E-state index is 0.0668. The Morgan fingerprint density at radius 2 is 1.89 bits per heavy atom. The lowest BCUT2D eigenvalue weighted by molar-refractivity contribution is 0.442. The average Bonchev–Trinajstić information content (AvgIpc) is 2.83. The first kappa shape index (κ1) is 13.2. The molecule has 18 heavy (non-hydrogen) atoms. The van der Waals surface area contributed by atoms with Gasteiger partial charge in [0.1, 0.15) is 5.01 Å². The first-order valence-corrected chi connectivity index (χ1v) is 7.04. The molecule has 0 aliphatic heterocycles. The van der Waals surface area contributed by atoms with Crippen LogP contribution in [0.2, 0.25) is 0 Å². The Morgan fingerprint density at radius 3 is 2.50 bits per heavy atom. The summed E-state index contributed by atoms with van der Waals surface area (Å²) in [5.74, 6) is 0. The Morgan fingerprint density at radius 1 is 1.17 bits per heavy atom. The summed E-state index contributed by atoms with van der Waals surface area (Å²) in [7, 11) is 1.97.